The lowest BCUT2D eigenvalue weighted by molar-refractivity contribution is -0.121. The number of halogens is 2. The van der Waals surface area contributed by atoms with E-state index < -0.39 is 5.82 Å². The summed E-state index contributed by atoms with van der Waals surface area (Å²) in [4.78, 5) is 24.7. The van der Waals surface area contributed by atoms with Crippen molar-refractivity contribution < 1.29 is 14.0 Å². The van der Waals surface area contributed by atoms with Crippen LogP contribution in [0.2, 0.25) is 5.02 Å². The number of rotatable bonds is 6. The molecule has 0 saturated heterocycles. The van der Waals surface area contributed by atoms with Gasteiger partial charge in [0.2, 0.25) is 5.91 Å². The number of carbonyl (C=O) groups excluding carboxylic acids is 2. The van der Waals surface area contributed by atoms with Crippen molar-refractivity contribution in [3.63, 3.8) is 0 Å². The van der Waals surface area contributed by atoms with Gasteiger partial charge in [0.1, 0.15) is 5.82 Å². The van der Waals surface area contributed by atoms with Crippen molar-refractivity contribution in [2.75, 3.05) is 5.32 Å². The standard InChI is InChI=1S/C23H23ClFN5O2/c24-19-7-4-8-20(25)18(19)13-22(31)26-16-9-11-17(12-10-16)30-14-21(28-29-30)23(32)27-15-5-2-1-3-6-15/h1-8,14,16-17H,9-13H2,(H,26,31)(H,27,32)/t16-,17+. The van der Waals surface area contributed by atoms with Gasteiger partial charge >= 0.3 is 0 Å². The van der Waals surface area contributed by atoms with E-state index in [0.29, 0.717) is 5.69 Å². The summed E-state index contributed by atoms with van der Waals surface area (Å²) in [6, 6.07) is 13.7. The number of aromatic nitrogens is 3. The van der Waals surface area contributed by atoms with E-state index in [0.717, 1.165) is 25.7 Å². The van der Waals surface area contributed by atoms with Gasteiger partial charge in [0, 0.05) is 22.3 Å². The van der Waals surface area contributed by atoms with Crippen LogP contribution >= 0.6 is 11.6 Å². The first-order chi connectivity index (χ1) is 15.5. The van der Waals surface area contributed by atoms with Gasteiger partial charge in [-0.15, -0.1) is 5.10 Å². The fraction of sp³-hybridized carbons (Fsp3) is 0.304. The van der Waals surface area contributed by atoms with Crippen LogP contribution in [0.15, 0.2) is 54.7 Å². The Morgan fingerprint density at radius 3 is 2.53 bits per heavy atom. The summed E-state index contributed by atoms with van der Waals surface area (Å²) >= 11 is 6.01. The van der Waals surface area contributed by atoms with Crippen molar-refractivity contribution in [1.29, 1.82) is 0 Å². The van der Waals surface area contributed by atoms with Gasteiger partial charge in [-0.3, -0.25) is 9.59 Å². The lowest BCUT2D eigenvalue weighted by Gasteiger charge is -2.29. The number of carbonyl (C=O) groups is 2. The van der Waals surface area contributed by atoms with Gasteiger partial charge < -0.3 is 10.6 Å². The van der Waals surface area contributed by atoms with E-state index in [1.54, 1.807) is 29.1 Å². The predicted octanol–water partition coefficient (Wildman–Crippen LogP) is 4.17. The van der Waals surface area contributed by atoms with Crippen molar-refractivity contribution >= 4 is 29.1 Å². The molecule has 166 valence electrons. The van der Waals surface area contributed by atoms with Gasteiger partial charge in [-0.05, 0) is 49.9 Å². The van der Waals surface area contributed by atoms with E-state index in [4.69, 9.17) is 11.6 Å². The Labute approximate surface area is 190 Å². The topological polar surface area (TPSA) is 88.9 Å². The number of benzene rings is 2. The molecule has 1 heterocycles. The van der Waals surface area contributed by atoms with Crippen LogP contribution in [-0.2, 0) is 11.2 Å². The SMILES string of the molecule is O=C(Cc1c(F)cccc1Cl)N[C@H]1CC[C@@H](n2cc(C(=O)Nc3ccccc3)nn2)CC1. The second-order valence-electron chi connectivity index (χ2n) is 7.85. The zero-order valence-electron chi connectivity index (χ0n) is 17.3. The Balaban J connectivity index is 1.28. The zero-order chi connectivity index (χ0) is 22.5. The second-order valence-corrected chi connectivity index (χ2v) is 8.26. The highest BCUT2D eigenvalue weighted by Crippen LogP contribution is 2.28. The number of nitrogens with one attached hydrogen (secondary N) is 2. The number of nitrogens with zero attached hydrogens (tertiary/aromatic N) is 3. The van der Waals surface area contributed by atoms with Crippen LogP contribution in [0, 0.1) is 5.82 Å². The predicted molar refractivity (Wildman–Crippen MR) is 119 cm³/mol. The summed E-state index contributed by atoms with van der Waals surface area (Å²) in [7, 11) is 0. The molecule has 7 nitrogen and oxygen atoms in total. The van der Waals surface area contributed by atoms with E-state index in [1.165, 1.54) is 12.1 Å². The lowest BCUT2D eigenvalue weighted by atomic mass is 9.91. The molecule has 1 aliphatic rings. The van der Waals surface area contributed by atoms with Crippen LogP contribution in [-0.4, -0.2) is 32.9 Å². The first kappa shape index (κ1) is 22.0. The van der Waals surface area contributed by atoms with Crippen molar-refractivity contribution in [1.82, 2.24) is 20.3 Å². The lowest BCUT2D eigenvalue weighted by Crippen LogP contribution is -2.39. The Hall–Kier alpha value is -3.26. The molecule has 9 heteroatoms. The molecule has 2 amide bonds. The third kappa shape index (κ3) is 5.31. The van der Waals surface area contributed by atoms with Gasteiger partial charge in [-0.25, -0.2) is 9.07 Å². The van der Waals surface area contributed by atoms with Crippen molar-refractivity contribution in [3.8, 4) is 0 Å². The molecular weight excluding hydrogens is 433 g/mol. The molecule has 0 atom stereocenters. The molecule has 2 N–H and O–H groups in total. The van der Waals surface area contributed by atoms with Crippen LogP contribution in [0.5, 0.6) is 0 Å². The van der Waals surface area contributed by atoms with Crippen LogP contribution in [0.25, 0.3) is 0 Å². The molecule has 4 rings (SSSR count). The number of para-hydroxylation sites is 1. The smallest absolute Gasteiger partial charge is 0.277 e. The Bertz CT molecular complexity index is 1080. The summed E-state index contributed by atoms with van der Waals surface area (Å²) in [5, 5.41) is 14.1. The normalized spacial score (nSPS) is 18.2. The van der Waals surface area contributed by atoms with Crippen molar-refractivity contribution in [2.45, 2.75) is 44.2 Å². The van der Waals surface area contributed by atoms with Crippen LogP contribution in [0.3, 0.4) is 0 Å². The maximum atomic E-state index is 13.9. The molecule has 0 spiro atoms. The Morgan fingerprint density at radius 2 is 1.81 bits per heavy atom. The number of hydrogen-bond acceptors (Lipinski definition) is 4. The summed E-state index contributed by atoms with van der Waals surface area (Å²) in [5.41, 5.74) is 1.16. The molecule has 0 radical (unpaired) electrons. The van der Waals surface area contributed by atoms with Crippen molar-refractivity contribution in [3.05, 3.63) is 76.8 Å². The average Bonchev–Trinajstić information content (AvgIpc) is 3.28. The fourth-order valence-electron chi connectivity index (χ4n) is 3.90. The first-order valence-corrected chi connectivity index (χ1v) is 10.9. The number of anilines is 1. The summed E-state index contributed by atoms with van der Waals surface area (Å²) in [5.74, 6) is -1.04. The van der Waals surface area contributed by atoms with Gasteiger partial charge in [0.05, 0.1) is 18.7 Å². The minimum Gasteiger partial charge on any atom is -0.353 e. The van der Waals surface area contributed by atoms with E-state index in [9.17, 15) is 14.0 Å². The van der Waals surface area contributed by atoms with E-state index in [2.05, 4.69) is 20.9 Å². The molecule has 3 aromatic rings. The monoisotopic (exact) mass is 455 g/mol. The maximum absolute atomic E-state index is 13.9. The highest BCUT2D eigenvalue weighted by molar-refractivity contribution is 6.31. The average molecular weight is 456 g/mol. The second kappa shape index (κ2) is 9.91. The van der Waals surface area contributed by atoms with Crippen LogP contribution in [0.1, 0.15) is 47.8 Å². The van der Waals surface area contributed by atoms with E-state index in [-0.39, 0.29) is 46.6 Å². The number of amides is 2. The largest absolute Gasteiger partial charge is 0.353 e. The first-order valence-electron chi connectivity index (χ1n) is 10.5. The quantitative estimate of drug-likeness (QED) is 0.584. The molecule has 1 aliphatic carbocycles. The van der Waals surface area contributed by atoms with Crippen LogP contribution < -0.4 is 10.6 Å². The molecule has 0 bridgehead atoms. The van der Waals surface area contributed by atoms with Gasteiger partial charge in [-0.1, -0.05) is 41.1 Å². The third-order valence-corrected chi connectivity index (χ3v) is 5.96. The summed E-state index contributed by atoms with van der Waals surface area (Å²) in [6.07, 6.45) is 4.65. The summed E-state index contributed by atoms with van der Waals surface area (Å²) in [6.45, 7) is 0. The van der Waals surface area contributed by atoms with E-state index in [1.807, 2.05) is 18.2 Å². The minimum absolute atomic E-state index is 0.00803. The number of hydrogen-bond donors (Lipinski definition) is 2. The maximum Gasteiger partial charge on any atom is 0.277 e. The molecule has 1 aromatic heterocycles. The minimum atomic E-state index is -0.477. The Morgan fingerprint density at radius 1 is 1.06 bits per heavy atom. The fourth-order valence-corrected chi connectivity index (χ4v) is 4.13. The molecule has 0 unspecified atom stereocenters. The van der Waals surface area contributed by atoms with Crippen LogP contribution in [0.4, 0.5) is 10.1 Å². The third-order valence-electron chi connectivity index (χ3n) is 5.61. The van der Waals surface area contributed by atoms with Crippen molar-refractivity contribution in [2.24, 2.45) is 0 Å². The van der Waals surface area contributed by atoms with Gasteiger partial charge in [0.25, 0.3) is 5.91 Å². The van der Waals surface area contributed by atoms with Gasteiger partial charge in [-0.2, -0.15) is 0 Å². The molecular formula is C23H23ClFN5O2. The van der Waals surface area contributed by atoms with E-state index >= 15 is 0 Å². The summed E-state index contributed by atoms with van der Waals surface area (Å²) < 4.78 is 15.6. The molecule has 32 heavy (non-hydrogen) atoms. The highest BCUT2D eigenvalue weighted by atomic mass is 35.5. The zero-order valence-corrected chi connectivity index (χ0v) is 18.1. The van der Waals surface area contributed by atoms with Gasteiger partial charge in [0.15, 0.2) is 5.69 Å². The highest BCUT2D eigenvalue weighted by Gasteiger charge is 2.25. The Kier molecular flexibility index (Phi) is 6.80. The molecule has 1 saturated carbocycles. The molecule has 1 fully saturated rings. The molecule has 2 aromatic carbocycles. The molecule has 0 aliphatic heterocycles.